The molecule has 1 atom stereocenters. The van der Waals surface area contributed by atoms with Gasteiger partial charge in [-0.15, -0.1) is 0 Å². The highest BCUT2D eigenvalue weighted by molar-refractivity contribution is 6.33. The van der Waals surface area contributed by atoms with Gasteiger partial charge >= 0.3 is 0 Å². The Bertz CT molecular complexity index is 557. The van der Waals surface area contributed by atoms with E-state index in [1.54, 1.807) is 24.4 Å². The molecule has 2 nitrogen and oxygen atoms in total. The van der Waals surface area contributed by atoms with E-state index >= 15 is 0 Å². The maximum Gasteiger partial charge on any atom is 0.100 e. The number of pyridine rings is 1. The molecular weight excluding hydrogens is 269 g/mol. The molecule has 1 heterocycles. The minimum absolute atomic E-state index is 0.400. The van der Waals surface area contributed by atoms with Gasteiger partial charge in [-0.3, -0.25) is 4.98 Å². The first-order chi connectivity index (χ1) is 8.58. The molecule has 94 valence electrons. The number of benzene rings is 1. The fourth-order valence-corrected chi connectivity index (χ4v) is 2.24. The zero-order valence-electron chi connectivity index (χ0n) is 9.90. The molecule has 0 bridgehead atoms. The second kappa shape index (κ2) is 5.70. The molecule has 0 spiro atoms. The van der Waals surface area contributed by atoms with Crippen LogP contribution in [0.4, 0.5) is 0 Å². The Morgan fingerprint density at radius 1 is 1.28 bits per heavy atom. The summed E-state index contributed by atoms with van der Waals surface area (Å²) < 4.78 is 0. The van der Waals surface area contributed by atoms with E-state index in [1.807, 2.05) is 19.1 Å². The van der Waals surface area contributed by atoms with Crippen molar-refractivity contribution in [2.45, 2.75) is 19.4 Å². The standard InChI is InChI=1S/C14H13Cl2NO/c1-9-3-2-6-17-14(9)13(18)8-10-7-11(15)4-5-12(10)16/h2-7,13,18H,8H2,1H3. The molecule has 1 unspecified atom stereocenters. The highest BCUT2D eigenvalue weighted by atomic mass is 35.5. The third kappa shape index (κ3) is 3.02. The number of hydrogen-bond donors (Lipinski definition) is 1. The molecule has 0 saturated heterocycles. The summed E-state index contributed by atoms with van der Waals surface area (Å²) in [5, 5.41) is 11.4. The van der Waals surface area contributed by atoms with E-state index in [0.29, 0.717) is 22.2 Å². The molecule has 2 rings (SSSR count). The molecular formula is C14H13Cl2NO. The number of nitrogens with zero attached hydrogens (tertiary/aromatic N) is 1. The number of hydrogen-bond acceptors (Lipinski definition) is 2. The quantitative estimate of drug-likeness (QED) is 0.923. The van der Waals surface area contributed by atoms with Crippen LogP contribution >= 0.6 is 23.2 Å². The molecule has 1 N–H and O–H groups in total. The second-order valence-corrected chi connectivity index (χ2v) is 5.00. The lowest BCUT2D eigenvalue weighted by atomic mass is 10.0. The lowest BCUT2D eigenvalue weighted by Gasteiger charge is -2.13. The Morgan fingerprint density at radius 3 is 2.78 bits per heavy atom. The van der Waals surface area contributed by atoms with Gasteiger partial charge in [-0.2, -0.15) is 0 Å². The van der Waals surface area contributed by atoms with Gasteiger partial charge in [-0.05, 0) is 42.3 Å². The summed E-state index contributed by atoms with van der Waals surface area (Å²) in [5.41, 5.74) is 2.46. The number of aliphatic hydroxyl groups is 1. The largest absolute Gasteiger partial charge is 0.386 e. The van der Waals surface area contributed by atoms with Gasteiger partial charge in [-0.1, -0.05) is 29.3 Å². The smallest absolute Gasteiger partial charge is 0.100 e. The van der Waals surface area contributed by atoms with Crippen molar-refractivity contribution in [1.29, 1.82) is 0 Å². The van der Waals surface area contributed by atoms with Crippen LogP contribution in [0.5, 0.6) is 0 Å². The van der Waals surface area contributed by atoms with Crippen LogP contribution in [0.15, 0.2) is 36.5 Å². The van der Waals surface area contributed by atoms with Crippen molar-refractivity contribution in [2.75, 3.05) is 0 Å². The molecule has 1 aromatic heterocycles. The monoisotopic (exact) mass is 281 g/mol. The predicted molar refractivity (Wildman–Crippen MR) is 74.1 cm³/mol. The SMILES string of the molecule is Cc1cccnc1C(O)Cc1cc(Cl)ccc1Cl. The normalized spacial score (nSPS) is 12.4. The molecule has 0 aliphatic heterocycles. The fraction of sp³-hybridized carbons (Fsp3) is 0.214. The average Bonchev–Trinajstić information content (AvgIpc) is 2.34. The van der Waals surface area contributed by atoms with Crippen molar-refractivity contribution in [3.8, 4) is 0 Å². The van der Waals surface area contributed by atoms with Crippen molar-refractivity contribution < 1.29 is 5.11 Å². The number of halogens is 2. The zero-order chi connectivity index (χ0) is 13.1. The Hall–Kier alpha value is -1.09. The summed E-state index contributed by atoms with van der Waals surface area (Å²) >= 11 is 12.0. The molecule has 0 aliphatic rings. The van der Waals surface area contributed by atoms with Gasteiger partial charge in [0.25, 0.3) is 0 Å². The van der Waals surface area contributed by atoms with Gasteiger partial charge in [-0.25, -0.2) is 0 Å². The van der Waals surface area contributed by atoms with Gasteiger partial charge in [0, 0.05) is 22.7 Å². The van der Waals surface area contributed by atoms with Crippen molar-refractivity contribution in [3.05, 3.63) is 63.4 Å². The molecule has 1 aromatic carbocycles. The molecule has 2 aromatic rings. The lowest BCUT2D eigenvalue weighted by Crippen LogP contribution is -2.06. The summed E-state index contributed by atoms with van der Waals surface area (Å²) in [6.45, 7) is 1.92. The average molecular weight is 282 g/mol. The Labute approximate surface area is 116 Å². The summed E-state index contributed by atoms with van der Waals surface area (Å²) in [4.78, 5) is 4.20. The molecule has 0 amide bonds. The van der Waals surface area contributed by atoms with Crippen LogP contribution in [0.2, 0.25) is 10.0 Å². The van der Waals surface area contributed by atoms with Crippen LogP contribution in [0.1, 0.15) is 22.9 Å². The minimum Gasteiger partial charge on any atom is -0.386 e. The maximum absolute atomic E-state index is 10.2. The fourth-order valence-electron chi connectivity index (χ4n) is 1.85. The summed E-state index contributed by atoms with van der Waals surface area (Å²) in [6, 6.07) is 9.00. The highest BCUT2D eigenvalue weighted by Gasteiger charge is 2.14. The van der Waals surface area contributed by atoms with Crippen molar-refractivity contribution in [2.24, 2.45) is 0 Å². The molecule has 0 saturated carbocycles. The van der Waals surface area contributed by atoms with Gasteiger partial charge in [0.1, 0.15) is 6.10 Å². The zero-order valence-corrected chi connectivity index (χ0v) is 11.4. The van der Waals surface area contributed by atoms with Crippen molar-refractivity contribution in [3.63, 3.8) is 0 Å². The number of aryl methyl sites for hydroxylation is 1. The Morgan fingerprint density at radius 2 is 2.06 bits per heavy atom. The van der Waals surface area contributed by atoms with Crippen molar-refractivity contribution >= 4 is 23.2 Å². The summed E-state index contributed by atoms with van der Waals surface area (Å²) in [5.74, 6) is 0. The van der Waals surface area contributed by atoms with E-state index in [9.17, 15) is 5.11 Å². The van der Waals surface area contributed by atoms with Crippen LogP contribution in [0.3, 0.4) is 0 Å². The third-order valence-electron chi connectivity index (χ3n) is 2.79. The van der Waals surface area contributed by atoms with E-state index < -0.39 is 6.10 Å². The first kappa shape index (κ1) is 13.3. The summed E-state index contributed by atoms with van der Waals surface area (Å²) in [6.07, 6.45) is 1.39. The number of aliphatic hydroxyl groups excluding tert-OH is 1. The van der Waals surface area contributed by atoms with Crippen LogP contribution in [0, 0.1) is 6.92 Å². The van der Waals surface area contributed by atoms with Crippen molar-refractivity contribution in [1.82, 2.24) is 4.98 Å². The topological polar surface area (TPSA) is 33.1 Å². The predicted octanol–water partition coefficient (Wildman–Crippen LogP) is 3.97. The first-order valence-corrected chi connectivity index (χ1v) is 6.37. The molecule has 0 fully saturated rings. The van der Waals surface area contributed by atoms with Crippen LogP contribution in [-0.2, 0) is 6.42 Å². The molecule has 4 heteroatoms. The molecule has 18 heavy (non-hydrogen) atoms. The number of rotatable bonds is 3. The first-order valence-electron chi connectivity index (χ1n) is 5.61. The van der Waals surface area contributed by atoms with Crippen LogP contribution in [0.25, 0.3) is 0 Å². The molecule has 0 radical (unpaired) electrons. The van der Waals surface area contributed by atoms with Gasteiger partial charge in [0.2, 0.25) is 0 Å². The third-order valence-corrected chi connectivity index (χ3v) is 3.39. The Kier molecular flexibility index (Phi) is 4.23. The van der Waals surface area contributed by atoms with E-state index in [2.05, 4.69) is 4.98 Å². The second-order valence-electron chi connectivity index (χ2n) is 4.16. The van der Waals surface area contributed by atoms with Crippen LogP contribution in [-0.4, -0.2) is 10.1 Å². The lowest BCUT2D eigenvalue weighted by molar-refractivity contribution is 0.173. The van der Waals surface area contributed by atoms with Gasteiger partial charge < -0.3 is 5.11 Å². The minimum atomic E-state index is -0.679. The maximum atomic E-state index is 10.2. The van der Waals surface area contributed by atoms with Crippen LogP contribution < -0.4 is 0 Å². The van der Waals surface area contributed by atoms with Gasteiger partial charge in [0.05, 0.1) is 5.69 Å². The van der Waals surface area contributed by atoms with E-state index in [1.165, 1.54) is 0 Å². The Balaban J connectivity index is 2.24. The summed E-state index contributed by atoms with van der Waals surface area (Å²) in [7, 11) is 0. The molecule has 0 aliphatic carbocycles. The van der Waals surface area contributed by atoms with E-state index in [4.69, 9.17) is 23.2 Å². The number of aromatic nitrogens is 1. The van der Waals surface area contributed by atoms with Gasteiger partial charge in [0.15, 0.2) is 0 Å². The van der Waals surface area contributed by atoms with E-state index in [0.717, 1.165) is 11.1 Å². The highest BCUT2D eigenvalue weighted by Crippen LogP contribution is 2.26. The van der Waals surface area contributed by atoms with E-state index in [-0.39, 0.29) is 0 Å².